The molecule has 2 rings (SSSR count). The van der Waals surface area contributed by atoms with Crippen LogP contribution in [0.25, 0.3) is 10.2 Å². The Morgan fingerprint density at radius 1 is 1.32 bits per heavy atom. The molecular weight excluding hydrogens is 268 g/mol. The highest BCUT2D eigenvalue weighted by molar-refractivity contribution is 7.18. The Morgan fingerprint density at radius 2 is 2.11 bits per heavy atom. The number of hydrogen-bond donors (Lipinski definition) is 2. The summed E-state index contributed by atoms with van der Waals surface area (Å²) < 4.78 is 5.74. The maximum Gasteiger partial charge on any atom is 0.329 e. The van der Waals surface area contributed by atoms with Crippen LogP contribution in [0, 0.1) is 0 Å². The van der Waals surface area contributed by atoms with E-state index in [1.54, 1.807) is 0 Å². The SMILES string of the molecule is O=C(O)COCC(=O)NCc1nc2ccccc2s1. The molecule has 100 valence electrons. The number of nitrogens with zero attached hydrogens (tertiary/aromatic N) is 1. The number of fused-ring (bicyclic) bond motifs is 1. The fraction of sp³-hybridized carbons (Fsp3) is 0.250. The number of ether oxygens (including phenoxy) is 1. The minimum Gasteiger partial charge on any atom is -0.480 e. The zero-order valence-electron chi connectivity index (χ0n) is 9.96. The number of para-hydroxylation sites is 1. The zero-order chi connectivity index (χ0) is 13.7. The predicted molar refractivity (Wildman–Crippen MR) is 69.9 cm³/mol. The number of carbonyl (C=O) groups is 2. The van der Waals surface area contributed by atoms with Gasteiger partial charge in [0.15, 0.2) is 0 Å². The van der Waals surface area contributed by atoms with Gasteiger partial charge in [0.2, 0.25) is 5.91 Å². The van der Waals surface area contributed by atoms with E-state index in [2.05, 4.69) is 15.0 Å². The van der Waals surface area contributed by atoms with Gasteiger partial charge in [-0.1, -0.05) is 12.1 Å². The maximum atomic E-state index is 11.4. The first-order valence-electron chi connectivity index (χ1n) is 5.56. The van der Waals surface area contributed by atoms with Gasteiger partial charge in [-0.3, -0.25) is 4.79 Å². The molecule has 19 heavy (non-hydrogen) atoms. The summed E-state index contributed by atoms with van der Waals surface area (Å²) in [4.78, 5) is 25.9. The molecule has 2 aromatic rings. The van der Waals surface area contributed by atoms with E-state index in [4.69, 9.17) is 5.11 Å². The fourth-order valence-corrected chi connectivity index (χ4v) is 2.36. The molecule has 0 saturated carbocycles. The van der Waals surface area contributed by atoms with Gasteiger partial charge in [0.25, 0.3) is 0 Å². The molecule has 1 aromatic carbocycles. The van der Waals surface area contributed by atoms with Crippen molar-refractivity contribution in [3.05, 3.63) is 29.3 Å². The predicted octanol–water partition coefficient (Wildman–Crippen LogP) is 1.01. The molecule has 1 amide bonds. The Labute approximate surface area is 113 Å². The van der Waals surface area contributed by atoms with Crippen LogP contribution in [0.15, 0.2) is 24.3 Å². The Bertz CT molecular complexity index is 563. The second-order valence-corrected chi connectivity index (χ2v) is 4.85. The van der Waals surface area contributed by atoms with Crippen LogP contribution in [0.4, 0.5) is 0 Å². The van der Waals surface area contributed by atoms with Crippen molar-refractivity contribution in [2.24, 2.45) is 0 Å². The van der Waals surface area contributed by atoms with Crippen LogP contribution in [0.2, 0.25) is 0 Å². The number of hydrogen-bond acceptors (Lipinski definition) is 5. The van der Waals surface area contributed by atoms with Gasteiger partial charge in [-0.25, -0.2) is 9.78 Å². The minimum absolute atomic E-state index is 0.267. The standard InChI is InChI=1S/C12H12N2O4S/c15-10(6-18-7-12(16)17)13-5-11-14-8-3-1-2-4-9(8)19-11/h1-4H,5-7H2,(H,13,15)(H,16,17). The van der Waals surface area contributed by atoms with E-state index in [0.717, 1.165) is 15.2 Å². The topological polar surface area (TPSA) is 88.5 Å². The van der Waals surface area contributed by atoms with Crippen LogP contribution >= 0.6 is 11.3 Å². The number of aromatic nitrogens is 1. The minimum atomic E-state index is -1.10. The number of rotatable bonds is 6. The molecule has 0 aliphatic rings. The summed E-state index contributed by atoms with van der Waals surface area (Å²) in [6.45, 7) is -0.430. The quantitative estimate of drug-likeness (QED) is 0.824. The van der Waals surface area contributed by atoms with Crippen LogP contribution < -0.4 is 5.32 Å². The van der Waals surface area contributed by atoms with Gasteiger partial charge >= 0.3 is 5.97 Å². The highest BCUT2D eigenvalue weighted by atomic mass is 32.1. The third kappa shape index (κ3) is 4.01. The van der Waals surface area contributed by atoms with E-state index in [9.17, 15) is 9.59 Å². The van der Waals surface area contributed by atoms with Crippen molar-refractivity contribution in [1.29, 1.82) is 0 Å². The third-order valence-electron chi connectivity index (χ3n) is 2.23. The van der Waals surface area contributed by atoms with Crippen molar-refractivity contribution in [2.45, 2.75) is 6.54 Å². The molecule has 1 heterocycles. The second-order valence-electron chi connectivity index (χ2n) is 3.74. The molecule has 2 N–H and O–H groups in total. The van der Waals surface area contributed by atoms with E-state index in [-0.39, 0.29) is 12.5 Å². The zero-order valence-corrected chi connectivity index (χ0v) is 10.8. The van der Waals surface area contributed by atoms with Crippen molar-refractivity contribution < 1.29 is 19.4 Å². The Morgan fingerprint density at radius 3 is 2.84 bits per heavy atom. The molecule has 0 fully saturated rings. The van der Waals surface area contributed by atoms with Gasteiger partial charge < -0.3 is 15.2 Å². The molecule has 0 atom stereocenters. The molecule has 6 nitrogen and oxygen atoms in total. The van der Waals surface area contributed by atoms with E-state index in [1.807, 2.05) is 24.3 Å². The van der Waals surface area contributed by atoms with Gasteiger partial charge in [0.1, 0.15) is 18.2 Å². The summed E-state index contributed by atoms with van der Waals surface area (Å²) in [5.41, 5.74) is 0.902. The van der Waals surface area contributed by atoms with Crippen LogP contribution in [-0.4, -0.2) is 35.2 Å². The lowest BCUT2D eigenvalue weighted by Gasteiger charge is -2.02. The molecule has 0 saturated heterocycles. The number of benzene rings is 1. The largest absolute Gasteiger partial charge is 0.480 e. The van der Waals surface area contributed by atoms with Gasteiger partial charge in [-0.2, -0.15) is 0 Å². The number of nitrogens with one attached hydrogen (secondary N) is 1. The summed E-state index contributed by atoms with van der Waals surface area (Å²) in [7, 11) is 0. The first-order chi connectivity index (χ1) is 9.15. The number of thiazole rings is 1. The molecule has 0 radical (unpaired) electrons. The monoisotopic (exact) mass is 280 g/mol. The molecule has 0 bridgehead atoms. The molecular formula is C12H12N2O4S. The highest BCUT2D eigenvalue weighted by Gasteiger charge is 2.06. The summed E-state index contributed by atoms with van der Waals surface area (Å²) in [5, 5.41) is 11.8. The first-order valence-corrected chi connectivity index (χ1v) is 6.37. The highest BCUT2D eigenvalue weighted by Crippen LogP contribution is 2.21. The number of amides is 1. The van der Waals surface area contributed by atoms with Gasteiger partial charge in [0, 0.05) is 0 Å². The summed E-state index contributed by atoms with van der Waals surface area (Å²) in [6.07, 6.45) is 0. The summed E-state index contributed by atoms with van der Waals surface area (Å²) in [6, 6.07) is 7.72. The smallest absolute Gasteiger partial charge is 0.329 e. The molecule has 0 unspecified atom stereocenters. The van der Waals surface area contributed by atoms with E-state index < -0.39 is 12.6 Å². The second kappa shape index (κ2) is 6.26. The average Bonchev–Trinajstić information content (AvgIpc) is 2.78. The fourth-order valence-electron chi connectivity index (χ4n) is 1.45. The van der Waals surface area contributed by atoms with E-state index in [1.165, 1.54) is 11.3 Å². The molecule has 0 aliphatic carbocycles. The van der Waals surface area contributed by atoms with Gasteiger partial charge in [-0.15, -0.1) is 11.3 Å². The third-order valence-corrected chi connectivity index (χ3v) is 3.27. The maximum absolute atomic E-state index is 11.4. The van der Waals surface area contributed by atoms with Crippen molar-refractivity contribution in [2.75, 3.05) is 13.2 Å². The van der Waals surface area contributed by atoms with Gasteiger partial charge in [-0.05, 0) is 12.1 Å². The van der Waals surface area contributed by atoms with Crippen LogP contribution in [0.3, 0.4) is 0 Å². The molecule has 0 aliphatic heterocycles. The Balaban J connectivity index is 1.81. The summed E-state index contributed by atoms with van der Waals surface area (Å²) >= 11 is 1.51. The Hall–Kier alpha value is -1.99. The average molecular weight is 280 g/mol. The number of carbonyl (C=O) groups excluding carboxylic acids is 1. The normalized spacial score (nSPS) is 10.5. The number of carboxylic acid groups (broad SMARTS) is 1. The first kappa shape index (κ1) is 13.4. The summed E-state index contributed by atoms with van der Waals surface area (Å²) in [5.74, 6) is -1.46. The molecule has 7 heteroatoms. The molecule has 0 spiro atoms. The van der Waals surface area contributed by atoms with Crippen LogP contribution in [0.1, 0.15) is 5.01 Å². The van der Waals surface area contributed by atoms with Crippen molar-refractivity contribution in [1.82, 2.24) is 10.3 Å². The van der Waals surface area contributed by atoms with E-state index >= 15 is 0 Å². The van der Waals surface area contributed by atoms with Crippen molar-refractivity contribution in [3.63, 3.8) is 0 Å². The number of carboxylic acids is 1. The lowest BCUT2D eigenvalue weighted by Crippen LogP contribution is -2.28. The van der Waals surface area contributed by atoms with Crippen LogP contribution in [-0.2, 0) is 20.9 Å². The van der Waals surface area contributed by atoms with Crippen LogP contribution in [0.5, 0.6) is 0 Å². The van der Waals surface area contributed by atoms with Crippen molar-refractivity contribution in [3.8, 4) is 0 Å². The van der Waals surface area contributed by atoms with Gasteiger partial charge in [0.05, 0.1) is 16.8 Å². The lowest BCUT2D eigenvalue weighted by atomic mass is 10.3. The Kier molecular flexibility index (Phi) is 4.43. The molecule has 1 aromatic heterocycles. The lowest BCUT2D eigenvalue weighted by molar-refractivity contribution is -0.143. The van der Waals surface area contributed by atoms with Crippen molar-refractivity contribution >= 4 is 33.4 Å². The number of aliphatic carboxylic acids is 1. The van der Waals surface area contributed by atoms with E-state index in [0.29, 0.717) is 6.54 Å².